The lowest BCUT2D eigenvalue weighted by Crippen LogP contribution is -2.49. The molecule has 1 aliphatic rings. The molecule has 0 unspecified atom stereocenters. The number of methoxy groups -OCH3 is 1. The smallest absolute Gasteiger partial charge is 0.131 e. The second-order valence-corrected chi connectivity index (χ2v) is 6.10. The number of nitrogens with zero attached hydrogens (tertiary/aromatic N) is 2. The standard InChI is InChI=1S/C19H26N4O/c1-13(9-20)10-23-11-15(12-23)17(21)8-18(22-3)16-7-5-6-14(2)19(16)24-4/h5-9,15,20H,1,10-12,21H2,2-4H3/b17-8-,20-9?,22-18?. The van der Waals surface area contributed by atoms with Gasteiger partial charge in [-0.15, -0.1) is 0 Å². The van der Waals surface area contributed by atoms with Crippen molar-refractivity contribution in [2.45, 2.75) is 6.92 Å². The summed E-state index contributed by atoms with van der Waals surface area (Å²) in [5.41, 5.74) is 10.8. The van der Waals surface area contributed by atoms with Crippen LogP contribution < -0.4 is 10.5 Å². The molecule has 0 saturated carbocycles. The van der Waals surface area contributed by atoms with Gasteiger partial charge in [0.15, 0.2) is 0 Å². The molecule has 0 atom stereocenters. The minimum absolute atomic E-state index is 0.316. The Hall–Kier alpha value is -2.40. The first-order chi connectivity index (χ1) is 11.5. The minimum atomic E-state index is 0.316. The van der Waals surface area contributed by atoms with Crippen molar-refractivity contribution in [3.05, 3.63) is 53.3 Å². The zero-order valence-electron chi connectivity index (χ0n) is 14.7. The molecule has 0 bridgehead atoms. The van der Waals surface area contributed by atoms with Gasteiger partial charge in [-0.1, -0.05) is 18.7 Å². The molecule has 24 heavy (non-hydrogen) atoms. The number of ether oxygens (including phenoxy) is 1. The molecule has 0 aliphatic carbocycles. The van der Waals surface area contributed by atoms with Crippen LogP contribution in [0, 0.1) is 18.3 Å². The van der Waals surface area contributed by atoms with E-state index in [0.29, 0.717) is 5.92 Å². The number of likely N-dealkylation sites (tertiary alicyclic amines) is 1. The van der Waals surface area contributed by atoms with Crippen LogP contribution in [0.3, 0.4) is 0 Å². The van der Waals surface area contributed by atoms with E-state index in [9.17, 15) is 0 Å². The fraction of sp³-hybridized carbons (Fsp3) is 0.368. The van der Waals surface area contributed by atoms with Gasteiger partial charge in [0.1, 0.15) is 5.75 Å². The number of rotatable bonds is 7. The molecule has 1 aromatic carbocycles. The minimum Gasteiger partial charge on any atom is -0.496 e. The fourth-order valence-electron chi connectivity index (χ4n) is 2.91. The molecule has 128 valence electrons. The zero-order chi connectivity index (χ0) is 17.7. The number of aliphatic imine (C=N–C) groups is 1. The normalized spacial score (nSPS) is 16.6. The number of nitrogens with two attached hydrogens (primary N) is 1. The van der Waals surface area contributed by atoms with Gasteiger partial charge in [-0.3, -0.25) is 9.89 Å². The third-order valence-electron chi connectivity index (χ3n) is 4.30. The highest BCUT2D eigenvalue weighted by atomic mass is 16.5. The Balaban J connectivity index is 2.11. The summed E-state index contributed by atoms with van der Waals surface area (Å²) in [6, 6.07) is 6.01. The lowest BCUT2D eigenvalue weighted by Gasteiger charge is -2.39. The van der Waals surface area contributed by atoms with Gasteiger partial charge in [0.05, 0.1) is 12.8 Å². The van der Waals surface area contributed by atoms with E-state index in [0.717, 1.165) is 53.5 Å². The van der Waals surface area contributed by atoms with E-state index in [-0.39, 0.29) is 0 Å². The monoisotopic (exact) mass is 326 g/mol. The van der Waals surface area contributed by atoms with Crippen molar-refractivity contribution >= 4 is 11.9 Å². The van der Waals surface area contributed by atoms with Crippen molar-refractivity contribution in [3.63, 3.8) is 0 Å². The predicted octanol–water partition coefficient (Wildman–Crippen LogP) is 2.40. The van der Waals surface area contributed by atoms with Crippen LogP contribution in [0.2, 0.25) is 0 Å². The summed E-state index contributed by atoms with van der Waals surface area (Å²) in [5, 5.41) is 7.19. The van der Waals surface area contributed by atoms with Crippen molar-refractivity contribution in [2.24, 2.45) is 16.6 Å². The number of benzene rings is 1. The molecule has 1 aliphatic heterocycles. The predicted molar refractivity (Wildman–Crippen MR) is 100 cm³/mol. The summed E-state index contributed by atoms with van der Waals surface area (Å²) in [4.78, 5) is 6.62. The van der Waals surface area contributed by atoms with E-state index in [1.54, 1.807) is 14.2 Å². The Morgan fingerprint density at radius 2 is 2.21 bits per heavy atom. The third kappa shape index (κ3) is 3.92. The zero-order valence-corrected chi connectivity index (χ0v) is 14.7. The third-order valence-corrected chi connectivity index (χ3v) is 4.30. The number of para-hydroxylation sites is 1. The second kappa shape index (κ2) is 7.93. The molecule has 1 heterocycles. The highest BCUT2D eigenvalue weighted by molar-refractivity contribution is 6.11. The average molecular weight is 326 g/mol. The summed E-state index contributed by atoms with van der Waals surface area (Å²) < 4.78 is 5.52. The highest BCUT2D eigenvalue weighted by Crippen LogP contribution is 2.26. The number of hydrogen-bond donors (Lipinski definition) is 2. The van der Waals surface area contributed by atoms with Gasteiger partial charge in [0.25, 0.3) is 0 Å². The van der Waals surface area contributed by atoms with Gasteiger partial charge in [0.2, 0.25) is 0 Å². The Labute approximate surface area is 144 Å². The SMILES string of the molecule is C=C(C=N)CN1CC(/C(N)=C/C(=NC)c2cccc(C)c2OC)C1. The van der Waals surface area contributed by atoms with Crippen LogP contribution in [-0.2, 0) is 0 Å². The van der Waals surface area contributed by atoms with E-state index in [2.05, 4.69) is 16.5 Å². The number of allylic oxidation sites excluding steroid dienone is 1. The largest absolute Gasteiger partial charge is 0.496 e. The van der Waals surface area contributed by atoms with E-state index in [4.69, 9.17) is 15.9 Å². The topological polar surface area (TPSA) is 74.7 Å². The first-order valence-electron chi connectivity index (χ1n) is 7.98. The van der Waals surface area contributed by atoms with Crippen LogP contribution in [0.15, 0.2) is 47.1 Å². The summed E-state index contributed by atoms with van der Waals surface area (Å²) in [7, 11) is 3.44. The summed E-state index contributed by atoms with van der Waals surface area (Å²) in [5.74, 6) is 1.15. The van der Waals surface area contributed by atoms with Gasteiger partial charge in [-0.25, -0.2) is 0 Å². The Kier molecular flexibility index (Phi) is 5.93. The maximum atomic E-state index is 7.19. The lowest BCUT2D eigenvalue weighted by atomic mass is 9.93. The van der Waals surface area contributed by atoms with Crippen molar-refractivity contribution in [2.75, 3.05) is 33.8 Å². The van der Waals surface area contributed by atoms with Crippen molar-refractivity contribution < 1.29 is 4.74 Å². The lowest BCUT2D eigenvalue weighted by molar-refractivity contribution is 0.138. The maximum absolute atomic E-state index is 7.19. The second-order valence-electron chi connectivity index (χ2n) is 6.10. The molecule has 0 radical (unpaired) electrons. The van der Waals surface area contributed by atoms with Crippen LogP contribution in [0.25, 0.3) is 0 Å². The highest BCUT2D eigenvalue weighted by Gasteiger charge is 2.28. The van der Waals surface area contributed by atoms with Crippen LogP contribution in [0.1, 0.15) is 11.1 Å². The van der Waals surface area contributed by atoms with Gasteiger partial charge >= 0.3 is 0 Å². The molecule has 5 heteroatoms. The van der Waals surface area contributed by atoms with Crippen molar-refractivity contribution in [1.82, 2.24) is 4.90 Å². The van der Waals surface area contributed by atoms with E-state index in [1.165, 1.54) is 6.21 Å². The van der Waals surface area contributed by atoms with E-state index in [1.807, 2.05) is 31.2 Å². The Bertz CT molecular complexity index is 685. The molecule has 5 nitrogen and oxygen atoms in total. The molecule has 1 saturated heterocycles. The van der Waals surface area contributed by atoms with Crippen molar-refractivity contribution in [3.8, 4) is 5.75 Å². The van der Waals surface area contributed by atoms with Gasteiger partial charge < -0.3 is 15.9 Å². The molecule has 1 fully saturated rings. The maximum Gasteiger partial charge on any atom is 0.131 e. The number of nitrogens with one attached hydrogen (secondary N) is 1. The summed E-state index contributed by atoms with van der Waals surface area (Å²) >= 11 is 0. The van der Waals surface area contributed by atoms with E-state index >= 15 is 0 Å². The Morgan fingerprint density at radius 3 is 2.79 bits per heavy atom. The van der Waals surface area contributed by atoms with Gasteiger partial charge in [-0.2, -0.15) is 0 Å². The fourth-order valence-corrected chi connectivity index (χ4v) is 2.91. The molecule has 0 spiro atoms. The Morgan fingerprint density at radius 1 is 1.50 bits per heavy atom. The number of aryl methyl sites for hydroxylation is 1. The average Bonchev–Trinajstić information content (AvgIpc) is 2.54. The van der Waals surface area contributed by atoms with Crippen LogP contribution in [-0.4, -0.2) is 50.6 Å². The summed E-state index contributed by atoms with van der Waals surface area (Å²) in [6.45, 7) is 8.35. The number of hydrogen-bond acceptors (Lipinski definition) is 5. The van der Waals surface area contributed by atoms with Gasteiger partial charge in [0, 0.05) is 50.1 Å². The van der Waals surface area contributed by atoms with E-state index < -0.39 is 0 Å². The molecular formula is C19H26N4O. The van der Waals surface area contributed by atoms with Crippen LogP contribution in [0.4, 0.5) is 0 Å². The quantitative estimate of drug-likeness (QED) is 0.756. The first-order valence-corrected chi connectivity index (χ1v) is 7.98. The molecular weight excluding hydrogens is 300 g/mol. The van der Waals surface area contributed by atoms with Crippen molar-refractivity contribution in [1.29, 1.82) is 5.41 Å². The molecule has 1 aromatic rings. The van der Waals surface area contributed by atoms with Gasteiger partial charge in [-0.05, 0) is 30.2 Å². The van der Waals surface area contributed by atoms with Crippen LogP contribution >= 0.6 is 0 Å². The molecule has 0 amide bonds. The molecule has 2 rings (SSSR count). The molecule has 3 N–H and O–H groups in total. The summed E-state index contributed by atoms with van der Waals surface area (Å²) in [6.07, 6.45) is 3.25. The van der Waals surface area contributed by atoms with Crippen LogP contribution in [0.5, 0.6) is 5.75 Å². The first kappa shape index (κ1) is 17.9. The molecule has 0 aromatic heterocycles.